The Kier molecular flexibility index (Phi) is 5.16. The molecule has 2 rings (SSSR count). The molecule has 2 fully saturated rings. The molecule has 2 amide bonds. The van der Waals surface area contributed by atoms with Gasteiger partial charge < -0.3 is 19.3 Å². The van der Waals surface area contributed by atoms with Gasteiger partial charge in [0.1, 0.15) is 11.6 Å². The number of amides is 2. The number of piperidine rings is 1. The summed E-state index contributed by atoms with van der Waals surface area (Å²) in [6, 6.07) is -0.502. The summed E-state index contributed by atoms with van der Waals surface area (Å²) in [7, 11) is 1.34. The number of carbonyl (C=O) groups excluding carboxylic acids is 3. The Morgan fingerprint density at radius 3 is 2.26 bits per heavy atom. The van der Waals surface area contributed by atoms with E-state index in [-0.39, 0.29) is 24.0 Å². The topological polar surface area (TPSA) is 76.2 Å². The first-order valence-electron chi connectivity index (χ1n) is 8.10. The van der Waals surface area contributed by atoms with E-state index in [0.717, 1.165) is 0 Å². The van der Waals surface area contributed by atoms with Crippen molar-refractivity contribution in [3.05, 3.63) is 0 Å². The molecule has 0 saturated carbocycles. The Bertz CT molecular complexity index is 477. The van der Waals surface area contributed by atoms with E-state index in [1.807, 2.05) is 20.8 Å². The molecular formula is C16H26N2O5. The molecule has 23 heavy (non-hydrogen) atoms. The van der Waals surface area contributed by atoms with E-state index in [0.29, 0.717) is 38.8 Å². The van der Waals surface area contributed by atoms with Gasteiger partial charge in [0, 0.05) is 25.6 Å². The number of likely N-dealkylation sites (tertiary alicyclic amines) is 2. The maximum absolute atomic E-state index is 12.1. The molecule has 0 bridgehead atoms. The Hall–Kier alpha value is -1.79. The number of esters is 1. The Morgan fingerprint density at radius 2 is 1.74 bits per heavy atom. The minimum absolute atomic E-state index is 0.00359. The van der Waals surface area contributed by atoms with Crippen molar-refractivity contribution < 1.29 is 23.9 Å². The molecule has 7 heteroatoms. The van der Waals surface area contributed by atoms with Gasteiger partial charge in [0.05, 0.1) is 7.11 Å². The van der Waals surface area contributed by atoms with Crippen LogP contribution in [0, 0.1) is 0 Å². The molecule has 2 saturated heterocycles. The average molecular weight is 326 g/mol. The van der Waals surface area contributed by atoms with Crippen molar-refractivity contribution >= 4 is 18.0 Å². The van der Waals surface area contributed by atoms with Gasteiger partial charge in [-0.1, -0.05) is 0 Å². The lowest BCUT2D eigenvalue weighted by Crippen LogP contribution is -2.52. The Labute approximate surface area is 136 Å². The van der Waals surface area contributed by atoms with Crippen LogP contribution >= 0.6 is 0 Å². The highest BCUT2D eigenvalue weighted by Gasteiger charge is 2.42. The van der Waals surface area contributed by atoms with Crippen LogP contribution in [-0.4, -0.2) is 65.7 Å². The van der Waals surface area contributed by atoms with Crippen LogP contribution in [0.1, 0.15) is 46.5 Å². The summed E-state index contributed by atoms with van der Waals surface area (Å²) in [5, 5.41) is 0. The molecule has 0 aliphatic carbocycles. The first-order chi connectivity index (χ1) is 10.7. The number of nitrogens with zero attached hydrogens (tertiary/aromatic N) is 2. The molecule has 0 aromatic rings. The fourth-order valence-corrected chi connectivity index (χ4v) is 3.18. The molecule has 2 aliphatic rings. The van der Waals surface area contributed by atoms with E-state index in [9.17, 15) is 14.4 Å². The average Bonchev–Trinajstić information content (AvgIpc) is 2.86. The van der Waals surface area contributed by atoms with Crippen LogP contribution in [0.3, 0.4) is 0 Å². The normalized spacial score (nSPS) is 23.1. The van der Waals surface area contributed by atoms with Crippen LogP contribution in [-0.2, 0) is 19.1 Å². The van der Waals surface area contributed by atoms with E-state index >= 15 is 0 Å². The number of hydrogen-bond donors (Lipinski definition) is 0. The van der Waals surface area contributed by atoms with Crippen LogP contribution in [0.15, 0.2) is 0 Å². The zero-order valence-electron chi connectivity index (χ0n) is 14.3. The van der Waals surface area contributed by atoms with E-state index in [4.69, 9.17) is 9.47 Å². The number of rotatable bonds is 2. The molecule has 2 heterocycles. The van der Waals surface area contributed by atoms with Gasteiger partial charge in [0.15, 0.2) is 0 Å². The summed E-state index contributed by atoms with van der Waals surface area (Å²) >= 11 is 0. The van der Waals surface area contributed by atoms with Crippen molar-refractivity contribution in [1.29, 1.82) is 0 Å². The third-order valence-corrected chi connectivity index (χ3v) is 4.24. The van der Waals surface area contributed by atoms with Crippen LogP contribution in [0.25, 0.3) is 0 Å². The Balaban J connectivity index is 1.94. The summed E-state index contributed by atoms with van der Waals surface area (Å²) < 4.78 is 10.2. The number of hydrogen-bond acceptors (Lipinski definition) is 5. The highest BCUT2D eigenvalue weighted by atomic mass is 16.6. The maximum atomic E-state index is 12.1. The van der Waals surface area contributed by atoms with E-state index in [1.165, 1.54) is 7.11 Å². The van der Waals surface area contributed by atoms with Gasteiger partial charge in [-0.2, -0.15) is 0 Å². The van der Waals surface area contributed by atoms with Crippen LogP contribution in [0.5, 0.6) is 0 Å². The van der Waals surface area contributed by atoms with Gasteiger partial charge in [-0.05, 0) is 40.0 Å². The second kappa shape index (κ2) is 6.76. The first kappa shape index (κ1) is 17.6. The summed E-state index contributed by atoms with van der Waals surface area (Å²) in [6.07, 6.45) is 1.87. The van der Waals surface area contributed by atoms with Gasteiger partial charge in [-0.3, -0.25) is 4.79 Å². The van der Waals surface area contributed by atoms with E-state index in [2.05, 4.69) is 0 Å². The summed E-state index contributed by atoms with van der Waals surface area (Å²) in [6.45, 7) is 6.55. The molecule has 0 aromatic carbocycles. The lowest BCUT2D eigenvalue weighted by atomic mass is 10.0. The molecule has 0 aromatic heterocycles. The highest BCUT2D eigenvalue weighted by molar-refractivity contribution is 5.88. The number of methoxy groups -OCH3 is 1. The van der Waals surface area contributed by atoms with Crippen molar-refractivity contribution in [2.24, 2.45) is 0 Å². The lowest BCUT2D eigenvalue weighted by molar-refractivity contribution is -0.151. The van der Waals surface area contributed by atoms with E-state index in [1.54, 1.807) is 9.80 Å². The van der Waals surface area contributed by atoms with Gasteiger partial charge >= 0.3 is 12.1 Å². The molecule has 7 nitrogen and oxygen atoms in total. The first-order valence-corrected chi connectivity index (χ1v) is 8.10. The molecular weight excluding hydrogens is 300 g/mol. The lowest BCUT2D eigenvalue weighted by Gasteiger charge is -2.38. The third kappa shape index (κ3) is 4.14. The second-order valence-corrected chi connectivity index (χ2v) is 7.08. The molecule has 130 valence electrons. The maximum Gasteiger partial charge on any atom is 0.410 e. The van der Waals surface area contributed by atoms with Crippen molar-refractivity contribution in [2.75, 3.05) is 20.2 Å². The van der Waals surface area contributed by atoms with E-state index < -0.39 is 11.6 Å². The smallest absolute Gasteiger partial charge is 0.410 e. The Morgan fingerprint density at radius 1 is 1.13 bits per heavy atom. The second-order valence-electron chi connectivity index (χ2n) is 7.08. The quantitative estimate of drug-likeness (QED) is 0.720. The fourth-order valence-electron chi connectivity index (χ4n) is 3.18. The van der Waals surface area contributed by atoms with Crippen molar-refractivity contribution in [3.8, 4) is 0 Å². The summed E-state index contributed by atoms with van der Waals surface area (Å²) in [5.74, 6) is -0.360. The van der Waals surface area contributed by atoms with Crippen molar-refractivity contribution in [1.82, 2.24) is 9.80 Å². The summed E-state index contributed by atoms with van der Waals surface area (Å²) in [4.78, 5) is 39.4. The van der Waals surface area contributed by atoms with Crippen LogP contribution < -0.4 is 0 Å². The summed E-state index contributed by atoms with van der Waals surface area (Å²) in [5.41, 5.74) is -0.519. The standard InChI is InChI=1S/C16H26N2O5/c1-16(2,3)23-15(21)17-9-7-11(8-10-17)18-12(14(20)22-4)5-6-13(18)19/h11-12H,5-10H2,1-4H3. The van der Waals surface area contributed by atoms with Gasteiger partial charge in [0.25, 0.3) is 0 Å². The molecule has 0 radical (unpaired) electrons. The van der Waals surface area contributed by atoms with Gasteiger partial charge in [-0.15, -0.1) is 0 Å². The van der Waals surface area contributed by atoms with Crippen molar-refractivity contribution in [2.45, 2.75) is 64.1 Å². The number of carbonyl (C=O) groups is 3. The van der Waals surface area contributed by atoms with Gasteiger partial charge in [0.2, 0.25) is 5.91 Å². The zero-order chi connectivity index (χ0) is 17.2. The van der Waals surface area contributed by atoms with Crippen LogP contribution in [0.4, 0.5) is 4.79 Å². The predicted octanol–water partition coefficient (Wildman–Crippen LogP) is 1.55. The van der Waals surface area contributed by atoms with Gasteiger partial charge in [-0.25, -0.2) is 9.59 Å². The minimum atomic E-state index is -0.519. The molecule has 1 atom stereocenters. The molecule has 1 unspecified atom stereocenters. The molecule has 2 aliphatic heterocycles. The predicted molar refractivity (Wildman–Crippen MR) is 82.7 cm³/mol. The molecule has 0 N–H and O–H groups in total. The van der Waals surface area contributed by atoms with Crippen LogP contribution in [0.2, 0.25) is 0 Å². The third-order valence-electron chi connectivity index (χ3n) is 4.24. The fraction of sp³-hybridized carbons (Fsp3) is 0.812. The number of ether oxygens (including phenoxy) is 2. The van der Waals surface area contributed by atoms with Crippen molar-refractivity contribution in [3.63, 3.8) is 0 Å². The minimum Gasteiger partial charge on any atom is -0.467 e. The SMILES string of the molecule is COC(=O)C1CCC(=O)N1C1CCN(C(=O)OC(C)(C)C)CC1. The zero-order valence-corrected chi connectivity index (χ0v) is 14.3. The largest absolute Gasteiger partial charge is 0.467 e. The molecule has 0 spiro atoms. The monoisotopic (exact) mass is 326 g/mol. The highest BCUT2D eigenvalue weighted by Crippen LogP contribution is 2.28.